The summed E-state index contributed by atoms with van der Waals surface area (Å²) in [4.78, 5) is 48.7. The van der Waals surface area contributed by atoms with E-state index in [-0.39, 0.29) is 18.1 Å². The van der Waals surface area contributed by atoms with Crippen LogP contribution in [0.5, 0.6) is 0 Å². The van der Waals surface area contributed by atoms with Gasteiger partial charge >= 0.3 is 5.97 Å². The van der Waals surface area contributed by atoms with Gasteiger partial charge in [-0.15, -0.1) is 11.3 Å². The maximum absolute atomic E-state index is 14.1. The zero-order valence-electron chi connectivity index (χ0n) is 21.9. The number of allylic oxidation sites excluding steroid dienone is 1. The lowest BCUT2D eigenvalue weighted by Gasteiger charge is -2.23. The molecule has 0 spiro atoms. The smallest absolute Gasteiger partial charge is 0.338 e. The van der Waals surface area contributed by atoms with E-state index in [9.17, 15) is 14.4 Å². The Kier molecular flexibility index (Phi) is 7.76. The van der Waals surface area contributed by atoms with Gasteiger partial charge in [0.15, 0.2) is 4.80 Å². The Balaban J connectivity index is 1.65. The number of anilines is 1. The van der Waals surface area contributed by atoms with E-state index < -0.39 is 12.0 Å². The number of ether oxygens (including phenoxy) is 1. The predicted molar refractivity (Wildman–Crippen MR) is 151 cm³/mol. The summed E-state index contributed by atoms with van der Waals surface area (Å²) in [6, 6.07) is 10.8. The number of carbonyl (C=O) groups excluding carboxylic acids is 2. The summed E-state index contributed by atoms with van der Waals surface area (Å²) < 4.78 is 7.26. The summed E-state index contributed by atoms with van der Waals surface area (Å²) >= 11 is 2.68. The first-order valence-electron chi connectivity index (χ1n) is 13.1. The van der Waals surface area contributed by atoms with Gasteiger partial charge in [-0.05, 0) is 37.8 Å². The normalized spacial score (nSPS) is 17.9. The molecule has 7 nitrogen and oxygen atoms in total. The van der Waals surface area contributed by atoms with Crippen LogP contribution >= 0.6 is 22.7 Å². The third-order valence-corrected chi connectivity index (χ3v) is 8.92. The van der Waals surface area contributed by atoms with Crippen LogP contribution in [0.2, 0.25) is 0 Å². The zero-order valence-corrected chi connectivity index (χ0v) is 23.5. The Morgan fingerprint density at radius 2 is 1.84 bits per heavy atom. The number of hydrogen-bond acceptors (Lipinski definition) is 7. The van der Waals surface area contributed by atoms with E-state index in [0.29, 0.717) is 32.7 Å². The second-order valence-electron chi connectivity index (χ2n) is 9.40. The molecule has 0 aliphatic carbocycles. The van der Waals surface area contributed by atoms with Crippen molar-refractivity contribution in [2.24, 2.45) is 4.99 Å². The summed E-state index contributed by atoms with van der Waals surface area (Å²) in [5.41, 5.74) is 2.58. The van der Waals surface area contributed by atoms with Gasteiger partial charge in [-0.1, -0.05) is 68.2 Å². The molecule has 0 saturated heterocycles. The largest absolute Gasteiger partial charge is 0.463 e. The van der Waals surface area contributed by atoms with Gasteiger partial charge in [0.2, 0.25) is 0 Å². The van der Waals surface area contributed by atoms with E-state index in [1.54, 1.807) is 23.3 Å². The van der Waals surface area contributed by atoms with Crippen LogP contribution in [-0.4, -0.2) is 29.6 Å². The Bertz CT molecular complexity index is 1580. The van der Waals surface area contributed by atoms with E-state index in [1.807, 2.05) is 41.8 Å². The molecule has 5 rings (SSSR count). The monoisotopic (exact) mass is 549 g/mol. The van der Waals surface area contributed by atoms with Crippen molar-refractivity contribution in [1.29, 1.82) is 0 Å². The predicted octanol–water partition coefficient (Wildman–Crippen LogP) is 4.55. The molecule has 4 heterocycles. The van der Waals surface area contributed by atoms with Crippen LogP contribution in [0, 0.1) is 0 Å². The lowest BCUT2D eigenvalue weighted by atomic mass is 10.0. The van der Waals surface area contributed by atoms with Crippen LogP contribution in [0.4, 0.5) is 5.69 Å². The maximum atomic E-state index is 14.1. The summed E-state index contributed by atoms with van der Waals surface area (Å²) in [6.45, 7) is 6.54. The lowest BCUT2D eigenvalue weighted by molar-refractivity contribution is -0.139. The highest BCUT2D eigenvalue weighted by atomic mass is 32.1. The lowest BCUT2D eigenvalue weighted by Crippen LogP contribution is -2.40. The van der Waals surface area contributed by atoms with Crippen molar-refractivity contribution in [2.75, 3.05) is 18.1 Å². The van der Waals surface area contributed by atoms with E-state index >= 15 is 0 Å². The van der Waals surface area contributed by atoms with Crippen LogP contribution in [0.1, 0.15) is 69.4 Å². The molecule has 0 radical (unpaired) electrons. The molecule has 9 heteroatoms. The number of rotatable bonds is 9. The van der Waals surface area contributed by atoms with Gasteiger partial charge < -0.3 is 9.64 Å². The molecule has 0 bridgehead atoms. The molecule has 2 aliphatic rings. The standard InChI is InChI=1S/C29H31N3O4S2/c1-4-6-7-8-11-16-31-20-14-10-9-13-19(20)23(26(31)33)25-27(34)32-24(21-15-12-17-37-21)22(28(35)36-5-2)18(3)30-29(32)38-25/h9-10,12-15,17,24H,4-8,11,16H2,1-3H3/b25-23-/t24-/m1/s1. The summed E-state index contributed by atoms with van der Waals surface area (Å²) in [5.74, 6) is -0.636. The van der Waals surface area contributed by atoms with Crippen molar-refractivity contribution in [3.63, 3.8) is 0 Å². The Labute approximate surface area is 229 Å². The molecule has 1 atom stereocenters. The molecule has 1 aromatic carbocycles. The number of thiazole rings is 1. The minimum atomic E-state index is -0.652. The second-order valence-corrected chi connectivity index (χ2v) is 11.4. The molecular formula is C29H31N3O4S2. The van der Waals surface area contributed by atoms with Crippen molar-refractivity contribution in [3.8, 4) is 0 Å². The van der Waals surface area contributed by atoms with E-state index in [0.717, 1.165) is 35.4 Å². The Hall–Kier alpha value is -3.30. The van der Waals surface area contributed by atoms with Gasteiger partial charge in [0, 0.05) is 17.0 Å². The van der Waals surface area contributed by atoms with Crippen LogP contribution in [0.25, 0.3) is 5.57 Å². The third-order valence-electron chi connectivity index (χ3n) is 6.94. The molecule has 2 aliphatic heterocycles. The SMILES string of the molecule is CCCCCCCN1C(=O)/C(=c2\sc3n(c2=O)[C@H](c2cccs2)C(C(=O)OCC)=C(C)N=3)c2ccccc21. The minimum Gasteiger partial charge on any atom is -0.463 e. The first-order valence-corrected chi connectivity index (χ1v) is 14.8. The number of unbranched alkanes of at least 4 members (excludes halogenated alkanes) is 4. The molecule has 3 aromatic rings. The summed E-state index contributed by atoms with van der Waals surface area (Å²) in [7, 11) is 0. The number of amides is 1. The highest BCUT2D eigenvalue weighted by molar-refractivity contribution is 7.10. The van der Waals surface area contributed by atoms with E-state index in [1.165, 1.54) is 35.5 Å². The number of nitrogens with zero attached hydrogens (tertiary/aromatic N) is 3. The quantitative estimate of drug-likeness (QED) is 0.290. The average molecular weight is 550 g/mol. The fraction of sp³-hybridized carbons (Fsp3) is 0.379. The topological polar surface area (TPSA) is 81.0 Å². The minimum absolute atomic E-state index is 0.152. The molecule has 1 amide bonds. The molecule has 38 heavy (non-hydrogen) atoms. The fourth-order valence-electron chi connectivity index (χ4n) is 5.15. The second kappa shape index (κ2) is 11.2. The van der Waals surface area contributed by atoms with Gasteiger partial charge in [0.05, 0.1) is 29.1 Å². The number of carbonyl (C=O) groups is 2. The van der Waals surface area contributed by atoms with Crippen molar-refractivity contribution in [3.05, 3.63) is 83.2 Å². The number of para-hydroxylation sites is 1. The molecule has 0 saturated carbocycles. The number of thiophene rings is 1. The molecular weight excluding hydrogens is 518 g/mol. The van der Waals surface area contributed by atoms with Crippen LogP contribution in [0.3, 0.4) is 0 Å². The van der Waals surface area contributed by atoms with Gasteiger partial charge in [0.1, 0.15) is 10.6 Å². The van der Waals surface area contributed by atoms with Crippen LogP contribution in [0.15, 0.2) is 62.8 Å². The maximum Gasteiger partial charge on any atom is 0.338 e. The number of hydrogen-bond donors (Lipinski definition) is 0. The van der Waals surface area contributed by atoms with E-state index in [2.05, 4.69) is 11.9 Å². The van der Waals surface area contributed by atoms with Crippen LogP contribution < -0.4 is 19.8 Å². The van der Waals surface area contributed by atoms with Crippen molar-refractivity contribution in [2.45, 2.75) is 58.9 Å². The molecule has 0 fully saturated rings. The van der Waals surface area contributed by atoms with Gasteiger partial charge in [-0.2, -0.15) is 0 Å². The van der Waals surface area contributed by atoms with Crippen LogP contribution in [-0.2, 0) is 14.3 Å². The highest BCUT2D eigenvalue weighted by Gasteiger charge is 2.37. The van der Waals surface area contributed by atoms with Crippen molar-refractivity contribution < 1.29 is 14.3 Å². The van der Waals surface area contributed by atoms with Gasteiger partial charge in [-0.25, -0.2) is 9.79 Å². The number of esters is 1. The first-order chi connectivity index (χ1) is 18.5. The summed E-state index contributed by atoms with van der Waals surface area (Å²) in [5, 5.41) is 1.92. The molecule has 2 aromatic heterocycles. The third kappa shape index (κ3) is 4.58. The molecule has 198 valence electrons. The molecule has 0 N–H and O–H groups in total. The summed E-state index contributed by atoms with van der Waals surface area (Å²) in [6.07, 6.45) is 5.48. The average Bonchev–Trinajstić information content (AvgIpc) is 3.61. The zero-order chi connectivity index (χ0) is 26.8. The van der Waals surface area contributed by atoms with Gasteiger partial charge in [0.25, 0.3) is 11.5 Å². The highest BCUT2D eigenvalue weighted by Crippen LogP contribution is 2.36. The van der Waals surface area contributed by atoms with E-state index in [4.69, 9.17) is 4.74 Å². The van der Waals surface area contributed by atoms with Gasteiger partial charge in [-0.3, -0.25) is 14.2 Å². The number of benzene rings is 1. The fourth-order valence-corrected chi connectivity index (χ4v) is 7.11. The molecule has 0 unspecified atom stereocenters. The number of aromatic nitrogens is 1. The Morgan fingerprint density at radius 3 is 2.58 bits per heavy atom. The van der Waals surface area contributed by atoms with Crippen molar-refractivity contribution in [1.82, 2.24) is 4.57 Å². The Morgan fingerprint density at radius 1 is 1.05 bits per heavy atom. The van der Waals surface area contributed by atoms with Crippen molar-refractivity contribution >= 4 is 45.8 Å². The first kappa shape index (κ1) is 26.3. The number of fused-ring (bicyclic) bond motifs is 2.